The number of nitrogens with zero attached hydrogens (tertiary/aromatic N) is 1. The van der Waals surface area contributed by atoms with Crippen LogP contribution in [0.1, 0.15) is 64.2 Å². The fraction of sp³-hybridized carbons (Fsp3) is 0.933. The fourth-order valence-electron chi connectivity index (χ4n) is 3.45. The second kappa shape index (κ2) is 7.15. The van der Waals surface area contributed by atoms with Crippen LogP contribution in [-0.2, 0) is 4.79 Å². The van der Waals surface area contributed by atoms with E-state index >= 15 is 0 Å². The molecule has 1 saturated carbocycles. The van der Waals surface area contributed by atoms with E-state index in [-0.39, 0.29) is 0 Å². The van der Waals surface area contributed by atoms with Gasteiger partial charge in [0.2, 0.25) is 0 Å². The number of rotatable bonds is 2. The second-order valence-corrected chi connectivity index (χ2v) is 5.86. The zero-order valence-corrected chi connectivity index (χ0v) is 11.1. The maximum Gasteiger partial charge on any atom is 0.123 e. The molecule has 1 aliphatic carbocycles. The van der Waals surface area contributed by atoms with Crippen LogP contribution in [0.4, 0.5) is 0 Å². The molecule has 1 saturated heterocycles. The monoisotopic (exact) mass is 237 g/mol. The van der Waals surface area contributed by atoms with Crippen LogP contribution >= 0.6 is 0 Å². The van der Waals surface area contributed by atoms with Crippen molar-refractivity contribution in [1.82, 2.24) is 4.90 Å². The van der Waals surface area contributed by atoms with Crippen LogP contribution in [0, 0.1) is 5.92 Å². The highest BCUT2D eigenvalue weighted by molar-refractivity contribution is 5.53. The molecule has 0 N–H and O–H groups in total. The number of likely N-dealkylation sites (tertiary alicyclic amines) is 1. The molecule has 1 aliphatic heterocycles. The van der Waals surface area contributed by atoms with Gasteiger partial charge in [-0.15, -0.1) is 0 Å². The Hall–Kier alpha value is -0.370. The van der Waals surface area contributed by atoms with Crippen molar-refractivity contribution in [2.45, 2.75) is 70.3 Å². The topological polar surface area (TPSA) is 20.3 Å². The predicted molar refractivity (Wildman–Crippen MR) is 71.1 cm³/mol. The number of hydrogen-bond acceptors (Lipinski definition) is 2. The average molecular weight is 237 g/mol. The standard InChI is InChI=1S/C15H27NO/c17-13-14-7-6-8-15(10-9-14)16-11-4-2-1-3-5-12-16/h13-15H,1-12H2. The molecule has 2 heteroatoms. The van der Waals surface area contributed by atoms with Crippen LogP contribution in [0.25, 0.3) is 0 Å². The minimum atomic E-state index is 0.356. The van der Waals surface area contributed by atoms with Crippen molar-refractivity contribution in [3.8, 4) is 0 Å². The molecule has 0 radical (unpaired) electrons. The van der Waals surface area contributed by atoms with Crippen molar-refractivity contribution < 1.29 is 4.79 Å². The molecule has 2 fully saturated rings. The lowest BCUT2D eigenvalue weighted by molar-refractivity contribution is -0.111. The lowest BCUT2D eigenvalue weighted by Gasteiger charge is -2.32. The molecule has 0 spiro atoms. The summed E-state index contributed by atoms with van der Waals surface area (Å²) >= 11 is 0. The van der Waals surface area contributed by atoms with Gasteiger partial charge >= 0.3 is 0 Å². The van der Waals surface area contributed by atoms with Crippen LogP contribution in [0.2, 0.25) is 0 Å². The first kappa shape index (κ1) is 13.1. The summed E-state index contributed by atoms with van der Waals surface area (Å²) < 4.78 is 0. The fourth-order valence-corrected chi connectivity index (χ4v) is 3.45. The van der Waals surface area contributed by atoms with Gasteiger partial charge in [-0.05, 0) is 51.6 Å². The number of aldehydes is 1. The summed E-state index contributed by atoms with van der Waals surface area (Å²) in [5, 5.41) is 0. The van der Waals surface area contributed by atoms with Gasteiger partial charge in [0.05, 0.1) is 0 Å². The van der Waals surface area contributed by atoms with Crippen LogP contribution in [0.15, 0.2) is 0 Å². The molecule has 2 rings (SSSR count). The van der Waals surface area contributed by atoms with Gasteiger partial charge in [0.1, 0.15) is 6.29 Å². The van der Waals surface area contributed by atoms with Gasteiger partial charge in [0.25, 0.3) is 0 Å². The molecular weight excluding hydrogens is 210 g/mol. The van der Waals surface area contributed by atoms with Crippen molar-refractivity contribution in [2.75, 3.05) is 13.1 Å². The maximum atomic E-state index is 10.9. The molecule has 2 nitrogen and oxygen atoms in total. The first-order valence-electron chi connectivity index (χ1n) is 7.59. The Labute approximate surface area is 106 Å². The number of carbonyl (C=O) groups is 1. The number of hydrogen-bond donors (Lipinski definition) is 0. The van der Waals surface area contributed by atoms with E-state index in [4.69, 9.17) is 0 Å². The lowest BCUT2D eigenvalue weighted by Crippen LogP contribution is -2.37. The minimum absolute atomic E-state index is 0.356. The van der Waals surface area contributed by atoms with Crippen molar-refractivity contribution in [3.63, 3.8) is 0 Å². The van der Waals surface area contributed by atoms with E-state index in [1.807, 2.05) is 0 Å². The zero-order chi connectivity index (χ0) is 11.9. The summed E-state index contributed by atoms with van der Waals surface area (Å²) in [5.74, 6) is 0.356. The first-order valence-corrected chi connectivity index (χ1v) is 7.59. The third-order valence-electron chi connectivity index (χ3n) is 4.58. The number of carbonyl (C=O) groups excluding carboxylic acids is 1. The van der Waals surface area contributed by atoms with E-state index in [9.17, 15) is 4.79 Å². The SMILES string of the molecule is O=CC1CCCC(N2CCCCCCC2)CC1. The molecule has 0 aromatic heterocycles. The molecular formula is C15H27NO. The van der Waals surface area contributed by atoms with Gasteiger partial charge in [0.15, 0.2) is 0 Å². The van der Waals surface area contributed by atoms with Crippen molar-refractivity contribution >= 4 is 6.29 Å². The molecule has 0 amide bonds. The van der Waals surface area contributed by atoms with E-state index in [0.29, 0.717) is 5.92 Å². The largest absolute Gasteiger partial charge is 0.303 e. The highest BCUT2D eigenvalue weighted by atomic mass is 16.1. The summed E-state index contributed by atoms with van der Waals surface area (Å²) in [6.45, 7) is 2.60. The normalized spacial score (nSPS) is 33.4. The highest BCUT2D eigenvalue weighted by Crippen LogP contribution is 2.26. The lowest BCUT2D eigenvalue weighted by atomic mass is 10.0. The van der Waals surface area contributed by atoms with E-state index in [0.717, 1.165) is 18.9 Å². The summed E-state index contributed by atoms with van der Waals surface area (Å²) in [5.41, 5.74) is 0. The molecule has 17 heavy (non-hydrogen) atoms. The summed E-state index contributed by atoms with van der Waals surface area (Å²) in [6, 6.07) is 0.776. The predicted octanol–water partition coefficient (Wildman–Crippen LogP) is 3.40. The van der Waals surface area contributed by atoms with Gasteiger partial charge in [-0.1, -0.05) is 25.7 Å². The average Bonchev–Trinajstić information content (AvgIpc) is 2.54. The van der Waals surface area contributed by atoms with Gasteiger partial charge < -0.3 is 9.69 Å². The van der Waals surface area contributed by atoms with E-state index in [2.05, 4.69) is 4.90 Å². The molecule has 2 atom stereocenters. The zero-order valence-electron chi connectivity index (χ0n) is 11.1. The maximum absolute atomic E-state index is 10.9. The highest BCUT2D eigenvalue weighted by Gasteiger charge is 2.23. The Morgan fingerprint density at radius 3 is 2.18 bits per heavy atom. The van der Waals surface area contributed by atoms with Crippen LogP contribution in [0.3, 0.4) is 0 Å². The van der Waals surface area contributed by atoms with Crippen LogP contribution in [-0.4, -0.2) is 30.3 Å². The third kappa shape index (κ3) is 4.09. The molecule has 1 heterocycles. The summed E-state index contributed by atoms with van der Waals surface area (Å²) in [7, 11) is 0. The van der Waals surface area contributed by atoms with E-state index in [1.165, 1.54) is 70.7 Å². The molecule has 0 aromatic rings. The van der Waals surface area contributed by atoms with Crippen molar-refractivity contribution in [3.05, 3.63) is 0 Å². The second-order valence-electron chi connectivity index (χ2n) is 5.86. The minimum Gasteiger partial charge on any atom is -0.303 e. The van der Waals surface area contributed by atoms with Gasteiger partial charge in [-0.2, -0.15) is 0 Å². The van der Waals surface area contributed by atoms with Crippen LogP contribution < -0.4 is 0 Å². The first-order chi connectivity index (χ1) is 8.40. The quantitative estimate of drug-likeness (QED) is 0.542. The van der Waals surface area contributed by atoms with Gasteiger partial charge in [-0.3, -0.25) is 0 Å². The Morgan fingerprint density at radius 1 is 0.765 bits per heavy atom. The van der Waals surface area contributed by atoms with Crippen molar-refractivity contribution in [1.29, 1.82) is 0 Å². The van der Waals surface area contributed by atoms with Gasteiger partial charge in [-0.25, -0.2) is 0 Å². The third-order valence-corrected chi connectivity index (χ3v) is 4.58. The molecule has 98 valence electrons. The molecule has 2 aliphatic rings. The van der Waals surface area contributed by atoms with Crippen molar-refractivity contribution in [2.24, 2.45) is 5.92 Å². The smallest absolute Gasteiger partial charge is 0.123 e. The Bertz CT molecular complexity index is 221. The molecule has 0 aromatic carbocycles. The van der Waals surface area contributed by atoms with E-state index in [1.54, 1.807) is 0 Å². The van der Waals surface area contributed by atoms with Crippen LogP contribution in [0.5, 0.6) is 0 Å². The molecule has 0 bridgehead atoms. The summed E-state index contributed by atoms with van der Waals surface area (Å²) in [6.07, 6.45) is 14.3. The van der Waals surface area contributed by atoms with Gasteiger partial charge in [0, 0.05) is 12.0 Å². The Kier molecular flexibility index (Phi) is 5.50. The summed E-state index contributed by atoms with van der Waals surface area (Å²) in [4.78, 5) is 13.6. The molecule has 2 unspecified atom stereocenters. The van der Waals surface area contributed by atoms with E-state index < -0.39 is 0 Å². The Balaban J connectivity index is 1.84. The Morgan fingerprint density at radius 2 is 1.47 bits per heavy atom.